The van der Waals surface area contributed by atoms with E-state index >= 15 is 0 Å². The van der Waals surface area contributed by atoms with Crippen molar-refractivity contribution in [3.05, 3.63) is 51.5 Å². The number of hydrogen-bond acceptors (Lipinski definition) is 6. The molecule has 0 unspecified atom stereocenters. The number of hydrogen-bond donors (Lipinski definition) is 0. The Hall–Kier alpha value is -2.16. The zero-order valence-corrected chi connectivity index (χ0v) is 17.6. The summed E-state index contributed by atoms with van der Waals surface area (Å²) >= 11 is 7.38. The summed E-state index contributed by atoms with van der Waals surface area (Å²) in [4.78, 5) is 16.4. The van der Waals surface area contributed by atoms with Gasteiger partial charge < -0.3 is 0 Å². The molecule has 144 valence electrons. The smallest absolute Gasteiger partial charge is 0.252 e. The van der Waals surface area contributed by atoms with Crippen molar-refractivity contribution >= 4 is 39.5 Å². The van der Waals surface area contributed by atoms with Crippen molar-refractivity contribution < 1.29 is 0 Å². The van der Waals surface area contributed by atoms with Crippen LogP contribution in [0, 0.1) is 18.6 Å². The van der Waals surface area contributed by atoms with Crippen LogP contribution in [0.15, 0.2) is 30.3 Å². The van der Waals surface area contributed by atoms with Crippen molar-refractivity contribution in [3.63, 3.8) is 0 Å². The molecule has 4 aromatic rings. The molecule has 0 N–H and O–H groups in total. The van der Waals surface area contributed by atoms with E-state index in [2.05, 4.69) is 56.8 Å². The fraction of sp³-hybridized carbons (Fsp3) is 0.400. The molecule has 6 nitrogen and oxygen atoms in total. The summed E-state index contributed by atoms with van der Waals surface area (Å²) in [6.07, 6.45) is 2.36. The van der Waals surface area contributed by atoms with Crippen LogP contribution in [0.25, 0.3) is 16.0 Å². The Balaban J connectivity index is 1.42. The van der Waals surface area contributed by atoms with Gasteiger partial charge in [-0.2, -0.15) is 4.98 Å². The lowest BCUT2D eigenvalue weighted by atomic mass is 9.99. The lowest BCUT2D eigenvalue weighted by Gasteiger charge is -2.31. The van der Waals surface area contributed by atoms with Gasteiger partial charge >= 0.3 is 0 Å². The van der Waals surface area contributed by atoms with Gasteiger partial charge in [-0.25, -0.2) is 19.2 Å². The monoisotopic (exact) mass is 410 g/mol. The average molecular weight is 411 g/mol. The first-order chi connectivity index (χ1) is 13.6. The molecular formula is C20H22N6S2. The van der Waals surface area contributed by atoms with Gasteiger partial charge in [0.25, 0.3) is 5.78 Å². The Morgan fingerprint density at radius 1 is 1.18 bits per heavy atom. The maximum Gasteiger partial charge on any atom is 0.252 e. The number of piperidine rings is 1. The highest BCUT2D eigenvalue weighted by Gasteiger charge is 2.25. The fourth-order valence-electron chi connectivity index (χ4n) is 4.12. The molecule has 1 aliphatic heterocycles. The summed E-state index contributed by atoms with van der Waals surface area (Å²) in [5.41, 5.74) is 3.18. The lowest BCUT2D eigenvalue weighted by Crippen LogP contribution is -2.36. The molecule has 0 amide bonds. The van der Waals surface area contributed by atoms with Gasteiger partial charge in [-0.1, -0.05) is 12.1 Å². The first-order valence-corrected chi connectivity index (χ1v) is 10.8. The van der Waals surface area contributed by atoms with Gasteiger partial charge in [-0.05, 0) is 63.7 Å². The summed E-state index contributed by atoms with van der Waals surface area (Å²) in [7, 11) is 0. The summed E-state index contributed by atoms with van der Waals surface area (Å²) in [6.45, 7) is 6.85. The zero-order chi connectivity index (χ0) is 19.3. The second-order valence-corrected chi connectivity index (χ2v) is 8.95. The van der Waals surface area contributed by atoms with Gasteiger partial charge in [0.1, 0.15) is 0 Å². The van der Waals surface area contributed by atoms with Crippen molar-refractivity contribution in [1.29, 1.82) is 0 Å². The van der Waals surface area contributed by atoms with Crippen LogP contribution in [0.5, 0.6) is 0 Å². The molecule has 3 aromatic heterocycles. The highest BCUT2D eigenvalue weighted by atomic mass is 32.1. The third-order valence-corrected chi connectivity index (χ3v) is 6.88. The molecule has 4 heterocycles. The number of benzene rings is 1. The van der Waals surface area contributed by atoms with E-state index in [1.165, 1.54) is 22.5 Å². The second-order valence-electron chi connectivity index (χ2n) is 7.52. The molecule has 1 fully saturated rings. The third-order valence-electron chi connectivity index (χ3n) is 5.37. The van der Waals surface area contributed by atoms with Crippen LogP contribution < -0.4 is 0 Å². The first kappa shape index (κ1) is 17.9. The number of rotatable bonds is 3. The minimum atomic E-state index is 0.473. The van der Waals surface area contributed by atoms with E-state index in [4.69, 9.17) is 17.2 Å². The van der Waals surface area contributed by atoms with Crippen LogP contribution >= 0.6 is 23.6 Å². The van der Waals surface area contributed by atoms with E-state index in [1.54, 1.807) is 0 Å². The van der Waals surface area contributed by atoms with Crippen LogP contribution in [0.2, 0.25) is 0 Å². The summed E-state index contributed by atoms with van der Waals surface area (Å²) in [5.74, 6) is 1.16. The number of para-hydroxylation sites is 1. The highest BCUT2D eigenvalue weighted by Crippen LogP contribution is 2.33. The number of likely N-dealkylation sites (tertiary alicyclic amines) is 1. The fourth-order valence-corrected chi connectivity index (χ4v) is 5.44. The van der Waals surface area contributed by atoms with E-state index in [1.807, 2.05) is 22.8 Å². The van der Waals surface area contributed by atoms with Crippen molar-refractivity contribution in [2.45, 2.75) is 39.3 Å². The number of thiazole rings is 1. The van der Waals surface area contributed by atoms with E-state index in [0.29, 0.717) is 16.5 Å². The number of nitrogens with zero attached hydrogens (tertiary/aromatic N) is 6. The van der Waals surface area contributed by atoms with E-state index in [9.17, 15) is 0 Å². The molecule has 1 aliphatic rings. The van der Waals surface area contributed by atoms with Gasteiger partial charge in [0, 0.05) is 23.9 Å². The molecule has 0 spiro atoms. The molecule has 1 saturated heterocycles. The number of aryl methyl sites for hydroxylation is 2. The van der Waals surface area contributed by atoms with Crippen LogP contribution in [0.3, 0.4) is 0 Å². The Kier molecular flexibility index (Phi) is 4.49. The van der Waals surface area contributed by atoms with Crippen LogP contribution in [-0.4, -0.2) is 42.1 Å². The number of aromatic nitrogens is 5. The highest BCUT2D eigenvalue weighted by molar-refractivity contribution is 7.71. The van der Waals surface area contributed by atoms with Gasteiger partial charge in [0.2, 0.25) is 4.77 Å². The Morgan fingerprint density at radius 2 is 2.04 bits per heavy atom. The predicted molar refractivity (Wildman–Crippen MR) is 114 cm³/mol. The van der Waals surface area contributed by atoms with E-state index in [-0.39, 0.29) is 0 Å². The Morgan fingerprint density at radius 3 is 2.89 bits per heavy atom. The largest absolute Gasteiger partial charge is 0.284 e. The van der Waals surface area contributed by atoms with Crippen LogP contribution in [-0.2, 0) is 6.67 Å². The van der Waals surface area contributed by atoms with Crippen molar-refractivity contribution in [3.8, 4) is 0 Å². The summed E-state index contributed by atoms with van der Waals surface area (Å²) < 4.78 is 5.96. The molecule has 28 heavy (non-hydrogen) atoms. The van der Waals surface area contributed by atoms with E-state index < -0.39 is 0 Å². The average Bonchev–Trinajstić information content (AvgIpc) is 3.23. The van der Waals surface area contributed by atoms with Crippen molar-refractivity contribution in [2.24, 2.45) is 0 Å². The van der Waals surface area contributed by atoms with Crippen molar-refractivity contribution in [1.82, 2.24) is 29.0 Å². The normalized spacial score (nSPS) is 18.3. The quantitative estimate of drug-likeness (QED) is 0.471. The topological polar surface area (TPSA) is 51.3 Å². The second kappa shape index (κ2) is 7.02. The molecule has 1 aromatic carbocycles. The van der Waals surface area contributed by atoms with Gasteiger partial charge in [-0.3, -0.25) is 4.90 Å². The SMILES string of the molecule is Cc1cc(C)n2c(n1)nc(=S)n2CN1CCC[C@H](c2nc3ccccc3s2)C1. The Labute approximate surface area is 172 Å². The van der Waals surface area contributed by atoms with E-state index in [0.717, 1.165) is 36.7 Å². The maximum absolute atomic E-state index is 5.54. The van der Waals surface area contributed by atoms with Gasteiger partial charge in [0.15, 0.2) is 0 Å². The molecule has 0 bridgehead atoms. The molecule has 0 saturated carbocycles. The molecule has 5 rings (SSSR count). The molecular weight excluding hydrogens is 388 g/mol. The molecule has 8 heteroatoms. The summed E-state index contributed by atoms with van der Waals surface area (Å²) in [6, 6.07) is 10.5. The summed E-state index contributed by atoms with van der Waals surface area (Å²) in [5, 5.41) is 1.25. The minimum absolute atomic E-state index is 0.473. The standard InChI is InChI=1S/C20H22N6S2/c1-13-10-14(2)26-19(21-13)23-20(27)25(26)12-24-9-5-6-15(11-24)18-22-16-7-3-4-8-17(16)28-18/h3-4,7-8,10,15H,5-6,9,11-12H2,1-2H3/t15-/m0/s1. The molecule has 0 radical (unpaired) electrons. The first-order valence-electron chi connectivity index (χ1n) is 9.60. The predicted octanol–water partition coefficient (Wildman–Crippen LogP) is 4.32. The van der Waals surface area contributed by atoms with Crippen molar-refractivity contribution in [2.75, 3.05) is 13.1 Å². The Bertz CT molecular complexity index is 1190. The molecule has 0 aliphatic carbocycles. The van der Waals surface area contributed by atoms with Crippen LogP contribution in [0.4, 0.5) is 0 Å². The minimum Gasteiger partial charge on any atom is -0.284 e. The molecule has 1 atom stereocenters. The maximum atomic E-state index is 5.54. The van der Waals surface area contributed by atoms with Gasteiger partial charge in [-0.15, -0.1) is 11.3 Å². The lowest BCUT2D eigenvalue weighted by molar-refractivity contribution is 0.153. The third kappa shape index (κ3) is 3.15. The zero-order valence-electron chi connectivity index (χ0n) is 16.0. The van der Waals surface area contributed by atoms with Gasteiger partial charge in [0.05, 0.1) is 21.9 Å². The number of fused-ring (bicyclic) bond motifs is 2. The van der Waals surface area contributed by atoms with Crippen LogP contribution in [0.1, 0.15) is 35.2 Å².